The number of likely N-dealkylation sites (N-methyl/N-ethyl adjacent to an activating group) is 1. The molecule has 3 aromatic rings. The van der Waals surface area contributed by atoms with Crippen LogP contribution < -0.4 is 19.7 Å². The van der Waals surface area contributed by atoms with E-state index in [0.29, 0.717) is 26.2 Å². The molecule has 1 saturated heterocycles. The summed E-state index contributed by atoms with van der Waals surface area (Å²) >= 11 is 0. The van der Waals surface area contributed by atoms with Gasteiger partial charge in [-0.1, -0.05) is 48.5 Å². The maximum Gasteiger partial charge on any atom is 0.410 e. The Morgan fingerprint density at radius 1 is 0.978 bits per heavy atom. The highest BCUT2D eigenvalue weighted by Gasteiger charge is 2.43. The van der Waals surface area contributed by atoms with E-state index in [-0.39, 0.29) is 25.0 Å². The molecular weight excluding hydrogens is 574 g/mol. The fourth-order valence-corrected chi connectivity index (χ4v) is 6.00. The second kappa shape index (κ2) is 15.6. The van der Waals surface area contributed by atoms with E-state index >= 15 is 0 Å². The lowest BCUT2D eigenvalue weighted by molar-refractivity contribution is -0.129. The monoisotopic (exact) mass is 617 g/mol. The number of amides is 2. The molecule has 2 aliphatic rings. The highest BCUT2D eigenvalue weighted by atomic mass is 16.6. The Kier molecular flexibility index (Phi) is 11.2. The molecule has 2 amide bonds. The van der Waals surface area contributed by atoms with Gasteiger partial charge in [-0.2, -0.15) is 0 Å². The number of piperidine rings is 1. The first-order valence-electron chi connectivity index (χ1n) is 15.4. The minimum absolute atomic E-state index is 0.113. The molecule has 1 N–H and O–H groups in total. The van der Waals surface area contributed by atoms with E-state index in [9.17, 15) is 9.59 Å². The second-order valence-corrected chi connectivity index (χ2v) is 11.3. The SMILES string of the molecule is CNC(=O)[C@@H]1C[C@H](c2ccc(OC)cc2)[C@@H](OCc2ccc3c(c2)N(CCCOC)CCO3)CN1C(=O)OCc1ccccc1. The fraction of sp³-hybridized carbons (Fsp3) is 0.429. The molecule has 0 aliphatic carbocycles. The maximum atomic E-state index is 13.5. The quantitative estimate of drug-likeness (QED) is 0.291. The van der Waals surface area contributed by atoms with Crippen LogP contribution in [0.3, 0.4) is 0 Å². The van der Waals surface area contributed by atoms with Crippen molar-refractivity contribution in [2.75, 3.05) is 59.0 Å². The smallest absolute Gasteiger partial charge is 0.410 e. The lowest BCUT2D eigenvalue weighted by Gasteiger charge is -2.42. The minimum atomic E-state index is -0.716. The van der Waals surface area contributed by atoms with Crippen molar-refractivity contribution in [1.29, 1.82) is 0 Å². The number of benzene rings is 3. The van der Waals surface area contributed by atoms with E-state index in [0.717, 1.165) is 53.4 Å². The number of nitrogens with zero attached hydrogens (tertiary/aromatic N) is 2. The van der Waals surface area contributed by atoms with E-state index in [1.165, 1.54) is 4.90 Å². The average Bonchev–Trinajstić information content (AvgIpc) is 3.09. The molecule has 10 nitrogen and oxygen atoms in total. The number of hydrogen-bond donors (Lipinski definition) is 1. The molecule has 5 rings (SSSR count). The molecule has 0 spiro atoms. The van der Waals surface area contributed by atoms with Crippen LogP contribution in [0.25, 0.3) is 0 Å². The first-order chi connectivity index (χ1) is 22.0. The number of anilines is 1. The lowest BCUT2D eigenvalue weighted by atomic mass is 9.82. The first-order valence-corrected chi connectivity index (χ1v) is 15.4. The Bertz CT molecular complexity index is 1400. The third-order valence-electron chi connectivity index (χ3n) is 8.43. The Hall–Kier alpha value is -4.28. The average molecular weight is 618 g/mol. The summed E-state index contributed by atoms with van der Waals surface area (Å²) in [6.45, 7) is 3.66. The summed E-state index contributed by atoms with van der Waals surface area (Å²) in [7, 11) is 4.93. The molecule has 240 valence electrons. The van der Waals surface area contributed by atoms with Gasteiger partial charge in [0.1, 0.15) is 30.8 Å². The molecule has 0 aromatic heterocycles. The van der Waals surface area contributed by atoms with Crippen molar-refractivity contribution < 1.29 is 33.3 Å². The molecule has 2 aliphatic heterocycles. The number of carbonyl (C=O) groups excluding carboxylic acids is 2. The van der Waals surface area contributed by atoms with Crippen molar-refractivity contribution in [3.63, 3.8) is 0 Å². The summed E-state index contributed by atoms with van der Waals surface area (Å²) in [4.78, 5) is 30.4. The van der Waals surface area contributed by atoms with Crippen LogP contribution in [0.5, 0.6) is 11.5 Å². The van der Waals surface area contributed by atoms with Gasteiger partial charge in [-0.05, 0) is 53.8 Å². The highest BCUT2D eigenvalue weighted by Crippen LogP contribution is 2.37. The number of rotatable bonds is 12. The predicted octanol–water partition coefficient (Wildman–Crippen LogP) is 4.76. The van der Waals surface area contributed by atoms with Gasteiger partial charge in [-0.25, -0.2) is 4.79 Å². The van der Waals surface area contributed by atoms with Crippen LogP contribution in [0.2, 0.25) is 0 Å². The van der Waals surface area contributed by atoms with Crippen LogP contribution in [0.4, 0.5) is 10.5 Å². The Morgan fingerprint density at radius 3 is 2.51 bits per heavy atom. The van der Waals surface area contributed by atoms with Crippen molar-refractivity contribution in [2.24, 2.45) is 0 Å². The van der Waals surface area contributed by atoms with Gasteiger partial charge in [0.2, 0.25) is 5.91 Å². The van der Waals surface area contributed by atoms with Gasteiger partial charge in [0.05, 0.1) is 38.6 Å². The maximum absolute atomic E-state index is 13.5. The number of likely N-dealkylation sites (tertiary alicyclic amines) is 1. The van der Waals surface area contributed by atoms with E-state index < -0.39 is 18.2 Å². The van der Waals surface area contributed by atoms with Crippen molar-refractivity contribution >= 4 is 17.7 Å². The Balaban J connectivity index is 1.37. The van der Waals surface area contributed by atoms with Gasteiger partial charge in [-0.15, -0.1) is 0 Å². The first kappa shape index (κ1) is 32.1. The molecule has 0 unspecified atom stereocenters. The summed E-state index contributed by atoms with van der Waals surface area (Å²) in [5.41, 5.74) is 3.92. The molecule has 45 heavy (non-hydrogen) atoms. The molecule has 0 saturated carbocycles. The molecule has 0 radical (unpaired) electrons. The van der Waals surface area contributed by atoms with E-state index in [2.05, 4.69) is 16.3 Å². The van der Waals surface area contributed by atoms with Gasteiger partial charge in [0.15, 0.2) is 0 Å². The minimum Gasteiger partial charge on any atom is -0.497 e. The second-order valence-electron chi connectivity index (χ2n) is 11.3. The van der Waals surface area contributed by atoms with Gasteiger partial charge in [0.25, 0.3) is 0 Å². The van der Waals surface area contributed by atoms with Crippen LogP contribution in [-0.2, 0) is 32.2 Å². The Labute approximate surface area is 265 Å². The zero-order chi connectivity index (χ0) is 31.6. The summed E-state index contributed by atoms with van der Waals surface area (Å²) in [5, 5.41) is 2.73. The fourth-order valence-electron chi connectivity index (χ4n) is 6.00. The largest absolute Gasteiger partial charge is 0.497 e. The number of ether oxygens (including phenoxy) is 5. The standard InChI is InChI=1S/C35H43N3O7/c1-36-34(39)31-21-29(27-11-13-28(42-3)14-12-27)33(22-38(31)35(40)45-23-25-8-5-4-6-9-25)44-24-26-10-15-32-30(20-26)37(17-19-43-32)16-7-18-41-2/h4-6,8-15,20,29,31,33H,7,16-19,21-24H2,1-3H3,(H,36,39)/t29-,31+,33+/m1/s1. The number of fused-ring (bicyclic) bond motifs is 1. The third kappa shape index (κ3) is 8.06. The zero-order valence-corrected chi connectivity index (χ0v) is 26.3. The molecular formula is C35H43N3O7. The molecule has 10 heteroatoms. The highest BCUT2D eigenvalue weighted by molar-refractivity contribution is 5.86. The van der Waals surface area contributed by atoms with Gasteiger partial charge in [0, 0.05) is 33.2 Å². The summed E-state index contributed by atoms with van der Waals surface area (Å²) in [5.74, 6) is 1.21. The van der Waals surface area contributed by atoms with Crippen molar-refractivity contribution in [3.8, 4) is 11.5 Å². The topological polar surface area (TPSA) is 98.8 Å². The lowest BCUT2D eigenvalue weighted by Crippen LogP contribution is -2.57. The molecule has 1 fully saturated rings. The summed E-state index contributed by atoms with van der Waals surface area (Å²) < 4.78 is 28.9. The van der Waals surface area contributed by atoms with Crippen molar-refractivity contribution in [3.05, 3.63) is 89.5 Å². The van der Waals surface area contributed by atoms with E-state index in [4.69, 9.17) is 23.7 Å². The number of hydrogen-bond acceptors (Lipinski definition) is 8. The van der Waals surface area contributed by atoms with E-state index in [1.54, 1.807) is 21.3 Å². The molecule has 3 atom stereocenters. The van der Waals surface area contributed by atoms with Crippen LogP contribution in [0, 0.1) is 0 Å². The number of nitrogens with one attached hydrogen (secondary N) is 1. The molecule has 2 heterocycles. The van der Waals surface area contributed by atoms with Crippen molar-refractivity contribution in [2.45, 2.75) is 44.1 Å². The van der Waals surface area contributed by atoms with Crippen molar-refractivity contribution in [1.82, 2.24) is 10.2 Å². The predicted molar refractivity (Wildman–Crippen MR) is 171 cm³/mol. The Morgan fingerprint density at radius 2 is 1.78 bits per heavy atom. The van der Waals surface area contributed by atoms with Gasteiger partial charge >= 0.3 is 6.09 Å². The zero-order valence-electron chi connectivity index (χ0n) is 26.3. The van der Waals surface area contributed by atoms with Crippen LogP contribution >= 0.6 is 0 Å². The summed E-state index contributed by atoms with van der Waals surface area (Å²) in [6.07, 6.45) is 0.355. The molecule has 0 bridgehead atoms. The number of carbonyl (C=O) groups is 2. The van der Waals surface area contributed by atoms with Crippen LogP contribution in [0.1, 0.15) is 35.4 Å². The summed E-state index contributed by atoms with van der Waals surface area (Å²) in [6, 6.07) is 22.7. The normalized spacial score (nSPS) is 19.3. The van der Waals surface area contributed by atoms with Crippen LogP contribution in [-0.4, -0.2) is 83.2 Å². The third-order valence-corrected chi connectivity index (χ3v) is 8.43. The van der Waals surface area contributed by atoms with E-state index in [1.807, 2.05) is 66.7 Å². The van der Waals surface area contributed by atoms with Crippen LogP contribution in [0.15, 0.2) is 72.8 Å². The van der Waals surface area contributed by atoms with Gasteiger partial charge < -0.3 is 33.9 Å². The molecule has 3 aromatic carbocycles. The number of methoxy groups -OCH3 is 2. The van der Waals surface area contributed by atoms with Gasteiger partial charge in [-0.3, -0.25) is 9.69 Å².